The van der Waals surface area contributed by atoms with Gasteiger partial charge >= 0.3 is 0 Å². The second kappa shape index (κ2) is 3.68. The quantitative estimate of drug-likeness (QED) is 0.470. The Bertz CT molecular complexity index is 318. The third kappa shape index (κ3) is 1.64. The molecule has 0 bridgehead atoms. The van der Waals surface area contributed by atoms with Gasteiger partial charge in [-0.15, -0.1) is 0 Å². The number of aryl methyl sites for hydroxylation is 1. The third-order valence-electron chi connectivity index (χ3n) is 2.04. The van der Waals surface area contributed by atoms with Crippen LogP contribution in [0, 0.1) is 13.8 Å². The summed E-state index contributed by atoms with van der Waals surface area (Å²) in [7, 11) is 1.83. The summed E-state index contributed by atoms with van der Waals surface area (Å²) in [4.78, 5) is 0. The summed E-state index contributed by atoms with van der Waals surface area (Å²) >= 11 is 5.36. The third-order valence-corrected chi connectivity index (χ3v) is 2.26. The lowest BCUT2D eigenvalue weighted by atomic mass is 10.1. The van der Waals surface area contributed by atoms with Crippen LogP contribution in [0.3, 0.4) is 0 Å². The molecule has 0 amide bonds. The van der Waals surface area contributed by atoms with E-state index in [0.717, 1.165) is 5.69 Å². The maximum atomic E-state index is 5.36. The molecule has 1 rings (SSSR count). The number of halogens is 1. The first-order valence-corrected chi connectivity index (χ1v) is 4.12. The van der Waals surface area contributed by atoms with Crippen molar-refractivity contribution in [2.75, 3.05) is 7.05 Å². The van der Waals surface area contributed by atoms with E-state index in [-0.39, 0.29) is 0 Å². The van der Waals surface area contributed by atoms with Gasteiger partial charge in [-0.25, -0.2) is 0 Å². The lowest BCUT2D eigenvalue weighted by Gasteiger charge is -1.99. The van der Waals surface area contributed by atoms with Crippen molar-refractivity contribution in [1.29, 1.82) is 0 Å². The molecular formula is C9H12ClN2+. The van der Waals surface area contributed by atoms with Gasteiger partial charge in [0.15, 0.2) is 7.05 Å². The highest BCUT2D eigenvalue weighted by Gasteiger charge is 2.09. The van der Waals surface area contributed by atoms with E-state index in [4.69, 9.17) is 11.8 Å². The van der Waals surface area contributed by atoms with Gasteiger partial charge in [0.1, 0.15) is 11.8 Å². The molecule has 0 aliphatic heterocycles. The Hall–Kier alpha value is -0.890. The van der Waals surface area contributed by atoms with Crippen molar-refractivity contribution in [3.05, 3.63) is 29.3 Å². The van der Waals surface area contributed by atoms with Crippen molar-refractivity contribution >= 4 is 17.5 Å². The van der Waals surface area contributed by atoms with E-state index in [1.807, 2.05) is 19.2 Å². The fourth-order valence-electron chi connectivity index (χ4n) is 1.13. The average Bonchev–Trinajstić information content (AvgIpc) is 2.08. The summed E-state index contributed by atoms with van der Waals surface area (Å²) in [5.74, 6) is 0. The van der Waals surface area contributed by atoms with Gasteiger partial charge in [-0.1, -0.05) is 16.8 Å². The Labute approximate surface area is 77.6 Å². The van der Waals surface area contributed by atoms with Gasteiger partial charge < -0.3 is 0 Å². The van der Waals surface area contributed by atoms with Gasteiger partial charge in [-0.05, 0) is 19.4 Å². The highest BCUT2D eigenvalue weighted by molar-refractivity contribution is 6.13. The summed E-state index contributed by atoms with van der Waals surface area (Å²) in [5, 5.41) is 0. The van der Waals surface area contributed by atoms with E-state index in [0.29, 0.717) is 0 Å². The maximum Gasteiger partial charge on any atom is 0.235 e. The molecule has 12 heavy (non-hydrogen) atoms. The maximum absolute atomic E-state index is 5.36. The normalized spacial score (nSPS) is 11.8. The molecule has 0 atom stereocenters. The molecule has 3 heteroatoms. The molecule has 0 unspecified atom stereocenters. The van der Waals surface area contributed by atoms with E-state index < -0.39 is 0 Å². The molecule has 0 aliphatic rings. The molecule has 64 valence electrons. The minimum absolute atomic E-state index is 1.05. The number of hydrogen-bond donors (Lipinski definition) is 0. The first-order chi connectivity index (χ1) is 5.66. The predicted octanol–water partition coefficient (Wildman–Crippen LogP) is 3.18. The van der Waals surface area contributed by atoms with E-state index in [2.05, 4.69) is 24.5 Å². The highest BCUT2D eigenvalue weighted by atomic mass is 35.5. The Morgan fingerprint density at radius 2 is 2.00 bits per heavy atom. The summed E-state index contributed by atoms with van der Waals surface area (Å²) in [6.07, 6.45) is 0. The summed E-state index contributed by atoms with van der Waals surface area (Å²) in [5.41, 5.74) is 3.51. The van der Waals surface area contributed by atoms with Crippen molar-refractivity contribution in [1.82, 2.24) is 0 Å². The molecule has 0 N–H and O–H groups in total. The molecule has 2 nitrogen and oxygen atoms in total. The molecule has 0 fully saturated rings. The monoisotopic (exact) mass is 183 g/mol. The predicted molar refractivity (Wildman–Crippen MR) is 50.0 cm³/mol. The molecule has 0 aliphatic carbocycles. The van der Waals surface area contributed by atoms with Crippen LogP contribution in [0.15, 0.2) is 22.8 Å². The van der Waals surface area contributed by atoms with Crippen LogP contribution in [0.1, 0.15) is 11.1 Å². The lowest BCUT2D eigenvalue weighted by molar-refractivity contribution is -0.472. The van der Waals surface area contributed by atoms with Gasteiger partial charge in [0, 0.05) is 11.6 Å². The summed E-state index contributed by atoms with van der Waals surface area (Å²) in [6, 6.07) is 6.06. The molecule has 1 aromatic carbocycles. The second-order valence-electron chi connectivity index (χ2n) is 2.82. The lowest BCUT2D eigenvalue weighted by Crippen LogP contribution is -1.95. The largest absolute Gasteiger partial charge is 0.235 e. The van der Waals surface area contributed by atoms with Crippen LogP contribution >= 0.6 is 11.8 Å². The number of rotatable bonds is 1. The first-order valence-electron chi connectivity index (χ1n) is 3.78. The van der Waals surface area contributed by atoms with Gasteiger partial charge in [-0.2, -0.15) is 0 Å². The molecule has 0 spiro atoms. The van der Waals surface area contributed by atoms with Gasteiger partial charge in [0.25, 0.3) is 0 Å². The van der Waals surface area contributed by atoms with Crippen molar-refractivity contribution < 1.29 is 4.70 Å². The molecule has 0 saturated carbocycles. The zero-order valence-electron chi connectivity index (χ0n) is 7.50. The topological polar surface area (TPSA) is 15.4 Å². The molecular weight excluding hydrogens is 172 g/mol. The van der Waals surface area contributed by atoms with Crippen LogP contribution < -0.4 is 0 Å². The van der Waals surface area contributed by atoms with Gasteiger partial charge in [0.2, 0.25) is 5.69 Å². The van der Waals surface area contributed by atoms with E-state index >= 15 is 0 Å². The minimum Gasteiger partial charge on any atom is -0.0741 e. The van der Waals surface area contributed by atoms with E-state index in [1.165, 1.54) is 11.1 Å². The van der Waals surface area contributed by atoms with Crippen molar-refractivity contribution in [3.8, 4) is 0 Å². The van der Waals surface area contributed by atoms with Crippen molar-refractivity contribution in [2.45, 2.75) is 13.8 Å². The van der Waals surface area contributed by atoms with Crippen molar-refractivity contribution in [3.63, 3.8) is 0 Å². The summed E-state index contributed by atoms with van der Waals surface area (Å²) in [6.45, 7) is 4.13. The molecule has 0 aromatic heterocycles. The highest BCUT2D eigenvalue weighted by Crippen LogP contribution is 2.20. The Kier molecular flexibility index (Phi) is 2.82. The zero-order chi connectivity index (χ0) is 9.14. The SMILES string of the molecule is Cc1cccc([N+](C)=NCl)c1C. The zero-order valence-corrected chi connectivity index (χ0v) is 8.26. The fourth-order valence-corrected chi connectivity index (χ4v) is 1.21. The number of nitrogens with zero attached hydrogens (tertiary/aromatic N) is 2. The Balaban J connectivity index is 3.26. The van der Waals surface area contributed by atoms with E-state index in [1.54, 1.807) is 4.70 Å². The molecule has 1 aromatic rings. The second-order valence-corrected chi connectivity index (χ2v) is 2.97. The minimum atomic E-state index is 1.05. The number of hydrogen-bond acceptors (Lipinski definition) is 1. The average molecular weight is 184 g/mol. The van der Waals surface area contributed by atoms with Gasteiger partial charge in [-0.3, -0.25) is 0 Å². The Morgan fingerprint density at radius 3 is 2.58 bits per heavy atom. The molecule has 0 radical (unpaired) electrons. The summed E-state index contributed by atoms with van der Waals surface area (Å²) < 4.78 is 5.22. The van der Waals surface area contributed by atoms with Crippen LogP contribution in [0.25, 0.3) is 0 Å². The van der Waals surface area contributed by atoms with Crippen LogP contribution in [0.5, 0.6) is 0 Å². The smallest absolute Gasteiger partial charge is 0.0741 e. The Morgan fingerprint density at radius 1 is 1.33 bits per heavy atom. The van der Waals surface area contributed by atoms with Crippen LogP contribution in [-0.2, 0) is 0 Å². The first kappa shape index (κ1) is 9.20. The van der Waals surface area contributed by atoms with Crippen LogP contribution in [-0.4, -0.2) is 11.7 Å². The standard InChI is InChI=1S/C9H12ClN2/c1-7-5-4-6-9(8(7)2)12(3)11-10/h4-6H,1-3H3/q+1. The van der Waals surface area contributed by atoms with E-state index in [9.17, 15) is 0 Å². The van der Waals surface area contributed by atoms with Crippen molar-refractivity contribution in [2.24, 2.45) is 4.63 Å². The molecule has 0 saturated heterocycles. The fraction of sp³-hybridized carbons (Fsp3) is 0.333. The van der Waals surface area contributed by atoms with Crippen LogP contribution in [0.4, 0.5) is 5.69 Å². The number of benzene rings is 1. The van der Waals surface area contributed by atoms with Gasteiger partial charge in [0.05, 0.1) is 4.63 Å². The van der Waals surface area contributed by atoms with Crippen LogP contribution in [0.2, 0.25) is 0 Å². The molecule has 0 heterocycles.